The molecule has 0 saturated heterocycles. The molecule has 3 heteroatoms. The fourth-order valence-electron chi connectivity index (χ4n) is 8.70. The summed E-state index contributed by atoms with van der Waals surface area (Å²) in [6.07, 6.45) is 0. The monoisotopic (exact) mass is 623 g/mol. The Labute approximate surface area is 282 Å². The van der Waals surface area contributed by atoms with E-state index in [2.05, 4.69) is 173 Å². The highest BCUT2D eigenvalue weighted by molar-refractivity contribution is 5.95. The first-order valence-electron chi connectivity index (χ1n) is 16.9. The number of anilines is 1. The van der Waals surface area contributed by atoms with Crippen molar-refractivity contribution in [2.45, 2.75) is 38.5 Å². The lowest BCUT2D eigenvalue weighted by Crippen LogP contribution is -2.32. The molecule has 234 valence electrons. The number of hydrogen-bond donors (Lipinski definition) is 1. The minimum absolute atomic E-state index is 0.231. The molecule has 0 atom stereocenters. The van der Waals surface area contributed by atoms with Crippen LogP contribution in [0.15, 0.2) is 151 Å². The smallest absolute Gasteiger partial charge is 0.132 e. The highest BCUT2D eigenvalue weighted by Crippen LogP contribution is 2.63. The molecular weight excluding hydrogens is 587 g/mol. The molecule has 6 aromatic carbocycles. The summed E-state index contributed by atoms with van der Waals surface area (Å²) >= 11 is 0. The van der Waals surface area contributed by atoms with Crippen LogP contribution in [0.5, 0.6) is 23.0 Å². The van der Waals surface area contributed by atoms with E-state index in [9.17, 15) is 0 Å². The minimum atomic E-state index is -0.504. The molecule has 0 aromatic heterocycles. The van der Waals surface area contributed by atoms with E-state index in [1.165, 1.54) is 55.8 Å². The van der Waals surface area contributed by atoms with E-state index in [4.69, 9.17) is 9.47 Å². The van der Waals surface area contributed by atoms with E-state index in [0.29, 0.717) is 0 Å². The number of rotatable bonds is 4. The number of nitrogens with one attached hydrogen (secondary N) is 1. The minimum Gasteiger partial charge on any atom is -0.457 e. The molecule has 1 aliphatic carbocycles. The van der Waals surface area contributed by atoms with Crippen LogP contribution in [0.3, 0.4) is 0 Å². The SMILES string of the molecule is C/C(=C(\Nc1cccc2c1-c1ccccc1C21c2ccccc2Oc2ccccc21)C(C)C)C1(C)c2ccccc2Oc2ccccc21. The average Bonchev–Trinajstić information content (AvgIpc) is 3.42. The van der Waals surface area contributed by atoms with Gasteiger partial charge in [0, 0.05) is 44.6 Å². The summed E-state index contributed by atoms with van der Waals surface area (Å²) in [6.45, 7) is 9.22. The summed E-state index contributed by atoms with van der Waals surface area (Å²) in [7, 11) is 0. The van der Waals surface area contributed by atoms with Gasteiger partial charge in [0.05, 0.1) is 5.41 Å². The van der Waals surface area contributed by atoms with Crippen LogP contribution in [-0.2, 0) is 10.8 Å². The van der Waals surface area contributed by atoms with Crippen molar-refractivity contribution in [1.29, 1.82) is 0 Å². The van der Waals surface area contributed by atoms with Gasteiger partial charge in [-0.2, -0.15) is 0 Å². The Morgan fingerprint density at radius 2 is 0.958 bits per heavy atom. The molecular formula is C45H37NO2. The molecule has 9 rings (SSSR count). The van der Waals surface area contributed by atoms with Gasteiger partial charge < -0.3 is 14.8 Å². The summed E-state index contributed by atoms with van der Waals surface area (Å²) in [5.74, 6) is 3.86. The van der Waals surface area contributed by atoms with Crippen LogP contribution in [0, 0.1) is 5.92 Å². The van der Waals surface area contributed by atoms with Crippen LogP contribution in [0.2, 0.25) is 0 Å². The Bertz CT molecular complexity index is 2200. The molecule has 0 radical (unpaired) electrons. The third kappa shape index (κ3) is 3.76. The molecule has 48 heavy (non-hydrogen) atoms. The first-order valence-corrected chi connectivity index (χ1v) is 16.9. The van der Waals surface area contributed by atoms with E-state index < -0.39 is 10.8 Å². The van der Waals surface area contributed by atoms with Crippen molar-refractivity contribution in [3.8, 4) is 34.1 Å². The second kappa shape index (κ2) is 10.5. The van der Waals surface area contributed by atoms with Crippen LogP contribution in [0.25, 0.3) is 11.1 Å². The topological polar surface area (TPSA) is 30.5 Å². The van der Waals surface area contributed by atoms with Gasteiger partial charge in [0.1, 0.15) is 23.0 Å². The van der Waals surface area contributed by atoms with Gasteiger partial charge >= 0.3 is 0 Å². The lowest BCUT2D eigenvalue weighted by atomic mass is 9.66. The highest BCUT2D eigenvalue weighted by atomic mass is 16.5. The number of allylic oxidation sites excluding steroid dienone is 2. The molecule has 0 unspecified atom stereocenters. The zero-order chi connectivity index (χ0) is 32.6. The lowest BCUT2D eigenvalue weighted by molar-refractivity contribution is 0.423. The predicted molar refractivity (Wildman–Crippen MR) is 194 cm³/mol. The molecule has 6 aromatic rings. The van der Waals surface area contributed by atoms with Crippen molar-refractivity contribution < 1.29 is 9.47 Å². The van der Waals surface area contributed by atoms with Gasteiger partial charge in [-0.25, -0.2) is 0 Å². The summed E-state index contributed by atoms with van der Waals surface area (Å²) in [5, 5.41) is 4.08. The van der Waals surface area contributed by atoms with Crippen molar-refractivity contribution >= 4 is 5.69 Å². The molecule has 1 spiro atoms. The predicted octanol–water partition coefficient (Wildman–Crippen LogP) is 11.6. The molecule has 0 amide bonds. The Morgan fingerprint density at radius 1 is 0.521 bits per heavy atom. The van der Waals surface area contributed by atoms with Gasteiger partial charge in [0.2, 0.25) is 0 Å². The number of hydrogen-bond acceptors (Lipinski definition) is 3. The molecule has 0 fully saturated rings. The van der Waals surface area contributed by atoms with Crippen LogP contribution in [0.1, 0.15) is 61.1 Å². The molecule has 3 aliphatic rings. The lowest BCUT2D eigenvalue weighted by Gasteiger charge is -2.40. The molecule has 2 aliphatic heterocycles. The summed E-state index contributed by atoms with van der Waals surface area (Å²) < 4.78 is 13.0. The van der Waals surface area contributed by atoms with E-state index in [-0.39, 0.29) is 5.92 Å². The Morgan fingerprint density at radius 3 is 1.50 bits per heavy atom. The van der Waals surface area contributed by atoms with E-state index in [1.54, 1.807) is 0 Å². The van der Waals surface area contributed by atoms with Gasteiger partial charge in [-0.15, -0.1) is 0 Å². The first kappa shape index (κ1) is 28.7. The van der Waals surface area contributed by atoms with E-state index in [0.717, 1.165) is 28.7 Å². The number of para-hydroxylation sites is 4. The molecule has 0 saturated carbocycles. The van der Waals surface area contributed by atoms with Gasteiger partial charge in [-0.3, -0.25) is 0 Å². The summed E-state index contributed by atoms with van der Waals surface area (Å²) in [5.41, 5.74) is 12.4. The third-order valence-electron chi connectivity index (χ3n) is 10.9. The first-order chi connectivity index (χ1) is 23.4. The van der Waals surface area contributed by atoms with E-state index in [1.807, 2.05) is 0 Å². The summed E-state index contributed by atoms with van der Waals surface area (Å²) in [6, 6.07) is 49.7. The molecule has 0 bridgehead atoms. The van der Waals surface area contributed by atoms with Crippen LogP contribution >= 0.6 is 0 Å². The van der Waals surface area contributed by atoms with Crippen molar-refractivity contribution in [2.24, 2.45) is 5.92 Å². The van der Waals surface area contributed by atoms with Crippen molar-refractivity contribution in [1.82, 2.24) is 0 Å². The largest absolute Gasteiger partial charge is 0.457 e. The van der Waals surface area contributed by atoms with Crippen LogP contribution < -0.4 is 14.8 Å². The maximum Gasteiger partial charge on any atom is 0.132 e. The second-order valence-electron chi connectivity index (χ2n) is 13.7. The van der Waals surface area contributed by atoms with Gasteiger partial charge in [0.15, 0.2) is 0 Å². The second-order valence-corrected chi connectivity index (χ2v) is 13.7. The number of benzene rings is 6. The Kier molecular flexibility index (Phi) is 6.26. The summed E-state index contributed by atoms with van der Waals surface area (Å²) in [4.78, 5) is 0. The maximum absolute atomic E-state index is 6.55. The van der Waals surface area contributed by atoms with E-state index >= 15 is 0 Å². The standard InChI is InChI=1S/C45H37NO2/c1-28(2)43(29(3)44(4)32-18-7-11-24-38(32)47-39-25-12-8-19-33(39)44)46-37-23-15-22-36-42(37)30-16-5-6-17-31(30)45(36)34-20-9-13-26-40(34)48-41-27-14-10-21-35(41)45/h5-28,46H,1-4H3/b43-29+. The zero-order valence-corrected chi connectivity index (χ0v) is 27.7. The highest BCUT2D eigenvalue weighted by Gasteiger charge is 2.51. The normalized spacial score (nSPS) is 15.9. The van der Waals surface area contributed by atoms with Crippen LogP contribution in [0.4, 0.5) is 5.69 Å². The molecule has 2 heterocycles. The average molecular weight is 624 g/mol. The van der Waals surface area contributed by atoms with Crippen molar-refractivity contribution in [3.63, 3.8) is 0 Å². The fraction of sp³-hybridized carbons (Fsp3) is 0.156. The zero-order valence-electron chi connectivity index (χ0n) is 27.7. The van der Waals surface area contributed by atoms with Gasteiger partial charge in [-0.1, -0.05) is 123 Å². The third-order valence-corrected chi connectivity index (χ3v) is 10.9. The van der Waals surface area contributed by atoms with Gasteiger partial charge in [-0.05, 0) is 72.4 Å². The molecule has 3 nitrogen and oxygen atoms in total. The van der Waals surface area contributed by atoms with Gasteiger partial charge in [0.25, 0.3) is 0 Å². The Balaban J connectivity index is 1.29. The molecule has 1 N–H and O–H groups in total. The quantitative estimate of drug-likeness (QED) is 0.212. The number of ether oxygens (including phenoxy) is 2. The number of fused-ring (bicyclic) bond motifs is 11. The van der Waals surface area contributed by atoms with Crippen molar-refractivity contribution in [3.05, 3.63) is 184 Å². The maximum atomic E-state index is 6.55. The van der Waals surface area contributed by atoms with Crippen molar-refractivity contribution in [2.75, 3.05) is 5.32 Å². The Hall–Kier alpha value is -5.54. The fourth-order valence-corrected chi connectivity index (χ4v) is 8.70. The van der Waals surface area contributed by atoms with Crippen LogP contribution in [-0.4, -0.2) is 0 Å².